The van der Waals surface area contributed by atoms with Crippen LogP contribution in [0, 0.1) is 0 Å². The number of thioether (sulfide) groups is 2. The van der Waals surface area contributed by atoms with Gasteiger partial charge in [0, 0.05) is 23.5 Å². The number of aliphatic imine (C=N–C) groups is 1. The van der Waals surface area contributed by atoms with Crippen LogP contribution in [0.5, 0.6) is 0 Å². The Morgan fingerprint density at radius 2 is 1.68 bits per heavy atom. The zero-order valence-electron chi connectivity index (χ0n) is 18.7. The molecule has 2 aliphatic heterocycles. The molecule has 5 rings (SSSR count). The molecule has 1 saturated heterocycles. The molecular formula is C27H22ClN3OS2. The lowest BCUT2D eigenvalue weighted by Gasteiger charge is -2.17. The lowest BCUT2D eigenvalue weighted by Crippen LogP contribution is -2.23. The number of amidine groups is 1. The molecule has 0 N–H and O–H groups in total. The first-order valence-corrected chi connectivity index (χ1v) is 12.9. The number of hydrogen-bond acceptors (Lipinski definition) is 5. The Kier molecular flexibility index (Phi) is 6.55. The second-order valence-corrected chi connectivity index (χ2v) is 10.3. The van der Waals surface area contributed by atoms with E-state index in [0.717, 1.165) is 39.1 Å². The van der Waals surface area contributed by atoms with Gasteiger partial charge in [-0.3, -0.25) is 9.69 Å². The Morgan fingerprint density at radius 1 is 0.941 bits per heavy atom. The fourth-order valence-corrected chi connectivity index (χ4v) is 6.01. The van der Waals surface area contributed by atoms with E-state index in [1.807, 2.05) is 60.7 Å². The number of benzene rings is 3. The lowest BCUT2D eigenvalue weighted by molar-refractivity contribution is -0.121. The Morgan fingerprint density at radius 3 is 2.41 bits per heavy atom. The number of amides is 1. The van der Waals surface area contributed by atoms with Crippen LogP contribution in [0.25, 0.3) is 11.1 Å². The van der Waals surface area contributed by atoms with Gasteiger partial charge in [-0.25, -0.2) is 4.99 Å². The van der Waals surface area contributed by atoms with E-state index in [1.165, 1.54) is 16.7 Å². The summed E-state index contributed by atoms with van der Waals surface area (Å²) in [5.41, 5.74) is 4.22. The monoisotopic (exact) mass is 503 g/mol. The molecule has 0 bridgehead atoms. The third-order valence-corrected chi connectivity index (χ3v) is 8.03. The summed E-state index contributed by atoms with van der Waals surface area (Å²) < 4.78 is 0. The van der Waals surface area contributed by atoms with Crippen molar-refractivity contribution in [2.75, 3.05) is 18.5 Å². The third kappa shape index (κ3) is 4.53. The topological polar surface area (TPSA) is 35.9 Å². The normalized spacial score (nSPS) is 19.0. The molecule has 2 aliphatic rings. The van der Waals surface area contributed by atoms with E-state index in [-0.39, 0.29) is 5.91 Å². The van der Waals surface area contributed by atoms with Crippen molar-refractivity contribution in [2.24, 2.45) is 4.99 Å². The molecule has 1 amide bonds. The summed E-state index contributed by atoms with van der Waals surface area (Å²) in [4.78, 5) is 23.2. The van der Waals surface area contributed by atoms with Crippen molar-refractivity contribution in [2.45, 2.75) is 11.8 Å². The van der Waals surface area contributed by atoms with E-state index in [2.05, 4.69) is 36.1 Å². The number of anilines is 1. The number of nitrogens with zero attached hydrogens (tertiary/aromatic N) is 3. The highest BCUT2D eigenvalue weighted by Gasteiger charge is 2.30. The quantitative estimate of drug-likeness (QED) is 0.344. The largest absolute Gasteiger partial charge is 0.335 e. The maximum atomic E-state index is 12.9. The second kappa shape index (κ2) is 9.74. The molecule has 0 saturated carbocycles. The molecular weight excluding hydrogens is 482 g/mol. The van der Waals surface area contributed by atoms with Crippen LogP contribution >= 0.6 is 35.1 Å². The van der Waals surface area contributed by atoms with Crippen LogP contribution in [-0.2, 0) is 4.79 Å². The average Bonchev–Trinajstić information content (AvgIpc) is 3.34. The molecule has 1 fully saturated rings. The molecule has 2 heterocycles. The number of rotatable bonds is 4. The molecule has 7 heteroatoms. The third-order valence-electron chi connectivity index (χ3n) is 5.59. The molecule has 0 aliphatic carbocycles. The van der Waals surface area contributed by atoms with Gasteiger partial charge in [-0.1, -0.05) is 65.8 Å². The number of hydrogen-bond donors (Lipinski definition) is 0. The second-order valence-electron chi connectivity index (χ2n) is 7.77. The van der Waals surface area contributed by atoms with Crippen LogP contribution in [0.1, 0.15) is 6.92 Å². The Labute approximate surface area is 213 Å². The predicted octanol–water partition coefficient (Wildman–Crippen LogP) is 7.56. The molecule has 0 unspecified atom stereocenters. The Balaban J connectivity index is 1.35. The van der Waals surface area contributed by atoms with Gasteiger partial charge in [0.2, 0.25) is 0 Å². The van der Waals surface area contributed by atoms with Crippen LogP contribution in [0.4, 0.5) is 11.4 Å². The van der Waals surface area contributed by atoms with Crippen molar-refractivity contribution in [1.82, 2.24) is 4.90 Å². The summed E-state index contributed by atoms with van der Waals surface area (Å²) in [6.45, 7) is 2.93. The molecule has 34 heavy (non-hydrogen) atoms. The van der Waals surface area contributed by atoms with Crippen molar-refractivity contribution >= 4 is 57.6 Å². The van der Waals surface area contributed by atoms with E-state index < -0.39 is 0 Å². The van der Waals surface area contributed by atoms with E-state index in [4.69, 9.17) is 16.6 Å². The molecule has 0 radical (unpaired) electrons. The zero-order chi connectivity index (χ0) is 23.7. The van der Waals surface area contributed by atoms with Gasteiger partial charge >= 0.3 is 0 Å². The first kappa shape index (κ1) is 22.8. The molecule has 3 aromatic carbocycles. The van der Waals surface area contributed by atoms with Crippen molar-refractivity contribution in [1.29, 1.82) is 0 Å². The molecule has 0 atom stereocenters. The number of likely N-dealkylation sites (N-methyl/N-ethyl adjacent to an activating group) is 1. The van der Waals surface area contributed by atoms with Crippen molar-refractivity contribution in [3.63, 3.8) is 0 Å². The SMILES string of the molecule is CCN1C(=CC=C2SC(=Nc3ccc(-c4ccccc4)cc3)N(C)C2=O)Sc2ccc(Cl)cc21. The Bertz CT molecular complexity index is 1330. The first-order valence-electron chi connectivity index (χ1n) is 10.9. The molecule has 4 nitrogen and oxygen atoms in total. The first-order chi connectivity index (χ1) is 16.5. The maximum absolute atomic E-state index is 12.9. The van der Waals surface area contributed by atoms with Crippen LogP contribution < -0.4 is 4.90 Å². The number of carbonyl (C=O) groups is 1. The Hall–Kier alpha value is -2.93. The minimum absolute atomic E-state index is 0.0480. The van der Waals surface area contributed by atoms with Gasteiger partial charge < -0.3 is 4.90 Å². The van der Waals surface area contributed by atoms with E-state index in [9.17, 15) is 4.79 Å². The number of carbonyl (C=O) groups excluding carboxylic acids is 1. The van der Waals surface area contributed by atoms with Crippen molar-refractivity contribution in [3.05, 3.63) is 99.9 Å². The smallest absolute Gasteiger partial charge is 0.266 e. The molecule has 0 spiro atoms. The van der Waals surface area contributed by atoms with Gasteiger partial charge in [0.15, 0.2) is 5.17 Å². The summed E-state index contributed by atoms with van der Waals surface area (Å²) in [5.74, 6) is -0.0480. The van der Waals surface area contributed by atoms with Gasteiger partial charge in [0.05, 0.1) is 21.3 Å². The molecule has 3 aromatic rings. The average molecular weight is 504 g/mol. The fourth-order valence-electron chi connectivity index (χ4n) is 3.81. The summed E-state index contributed by atoms with van der Waals surface area (Å²) >= 11 is 9.28. The summed E-state index contributed by atoms with van der Waals surface area (Å²) in [7, 11) is 1.76. The standard InChI is InChI=1S/C27H22ClN3OS2/c1-3-31-22-17-20(28)11-14-23(22)33-25(31)16-15-24-26(32)30(2)27(34-24)29-21-12-9-19(10-13-21)18-7-5-4-6-8-18/h4-17H,3H2,1-2H3. The van der Waals surface area contributed by atoms with Gasteiger partial charge in [-0.15, -0.1) is 0 Å². The van der Waals surface area contributed by atoms with Gasteiger partial charge in [-0.05, 0) is 72.3 Å². The fraction of sp³-hybridized carbons (Fsp3) is 0.111. The molecule has 170 valence electrons. The highest BCUT2D eigenvalue weighted by atomic mass is 35.5. The van der Waals surface area contributed by atoms with Crippen LogP contribution in [0.2, 0.25) is 5.02 Å². The van der Waals surface area contributed by atoms with Crippen LogP contribution in [0.15, 0.2) is 105 Å². The van der Waals surface area contributed by atoms with E-state index >= 15 is 0 Å². The highest BCUT2D eigenvalue weighted by molar-refractivity contribution is 8.18. The number of allylic oxidation sites excluding steroid dienone is 2. The van der Waals surface area contributed by atoms with Crippen LogP contribution in [0.3, 0.4) is 0 Å². The summed E-state index contributed by atoms with van der Waals surface area (Å²) in [6, 6.07) is 24.2. The highest BCUT2D eigenvalue weighted by Crippen LogP contribution is 2.47. The van der Waals surface area contributed by atoms with E-state index in [1.54, 1.807) is 23.7 Å². The van der Waals surface area contributed by atoms with Gasteiger partial charge in [-0.2, -0.15) is 0 Å². The minimum atomic E-state index is -0.0480. The summed E-state index contributed by atoms with van der Waals surface area (Å²) in [5, 5.41) is 2.46. The van der Waals surface area contributed by atoms with E-state index in [0.29, 0.717) is 10.1 Å². The number of fused-ring (bicyclic) bond motifs is 1. The number of halogens is 1. The van der Waals surface area contributed by atoms with Gasteiger partial charge in [0.1, 0.15) is 0 Å². The van der Waals surface area contributed by atoms with Crippen LogP contribution in [-0.4, -0.2) is 29.6 Å². The lowest BCUT2D eigenvalue weighted by atomic mass is 10.1. The minimum Gasteiger partial charge on any atom is -0.335 e. The molecule has 0 aromatic heterocycles. The zero-order valence-corrected chi connectivity index (χ0v) is 21.1. The summed E-state index contributed by atoms with van der Waals surface area (Å²) in [6.07, 6.45) is 3.90. The maximum Gasteiger partial charge on any atom is 0.266 e. The van der Waals surface area contributed by atoms with Crippen molar-refractivity contribution < 1.29 is 4.79 Å². The van der Waals surface area contributed by atoms with Gasteiger partial charge in [0.25, 0.3) is 5.91 Å². The predicted molar refractivity (Wildman–Crippen MR) is 146 cm³/mol. The van der Waals surface area contributed by atoms with Crippen molar-refractivity contribution in [3.8, 4) is 11.1 Å².